The lowest BCUT2D eigenvalue weighted by atomic mass is 9.97. The van der Waals surface area contributed by atoms with Gasteiger partial charge in [-0.05, 0) is 36.2 Å². The summed E-state index contributed by atoms with van der Waals surface area (Å²) in [6.07, 6.45) is 4.74. The van der Waals surface area contributed by atoms with E-state index in [9.17, 15) is 9.59 Å². The molecule has 1 N–H and O–H groups in total. The second-order valence-corrected chi connectivity index (χ2v) is 8.54. The van der Waals surface area contributed by atoms with Crippen molar-refractivity contribution in [2.24, 2.45) is 14.1 Å². The Kier molecular flexibility index (Phi) is 5.64. The van der Waals surface area contributed by atoms with E-state index in [2.05, 4.69) is 20.4 Å². The molecule has 0 aliphatic rings. The molecular formula is C25H24FN7O3. The number of hydrogen-bond donors (Lipinski definition) is 1. The highest BCUT2D eigenvalue weighted by molar-refractivity contribution is 6.05. The normalized spacial score (nSPS) is 11.5. The predicted octanol–water partition coefficient (Wildman–Crippen LogP) is 2.63. The van der Waals surface area contributed by atoms with Gasteiger partial charge in [0.15, 0.2) is 11.6 Å². The van der Waals surface area contributed by atoms with Crippen molar-refractivity contribution in [2.45, 2.75) is 13.5 Å². The molecule has 0 spiro atoms. The summed E-state index contributed by atoms with van der Waals surface area (Å²) in [4.78, 5) is 34.0. The van der Waals surface area contributed by atoms with Crippen LogP contribution in [0.15, 0.2) is 41.6 Å². The molecule has 0 saturated heterocycles. The van der Waals surface area contributed by atoms with Crippen LogP contribution in [0, 0.1) is 12.7 Å². The zero-order valence-corrected chi connectivity index (χ0v) is 20.5. The third kappa shape index (κ3) is 3.55. The van der Waals surface area contributed by atoms with Gasteiger partial charge in [-0.2, -0.15) is 5.10 Å². The summed E-state index contributed by atoms with van der Waals surface area (Å²) < 4.78 is 25.0. The van der Waals surface area contributed by atoms with E-state index >= 15 is 4.39 Å². The van der Waals surface area contributed by atoms with Gasteiger partial charge in [0.1, 0.15) is 0 Å². The minimum atomic E-state index is -0.796. The van der Waals surface area contributed by atoms with Crippen LogP contribution in [0.5, 0.6) is 0 Å². The highest BCUT2D eigenvalue weighted by atomic mass is 19.1. The van der Waals surface area contributed by atoms with Crippen molar-refractivity contribution < 1.29 is 13.9 Å². The summed E-state index contributed by atoms with van der Waals surface area (Å²) in [5.74, 6) is -1.48. The Hall–Kier alpha value is -4.38. The van der Waals surface area contributed by atoms with Crippen molar-refractivity contribution in [3.63, 3.8) is 0 Å². The van der Waals surface area contributed by atoms with E-state index in [4.69, 9.17) is 4.74 Å². The molecule has 0 aliphatic carbocycles. The molecule has 1 aromatic carbocycles. The number of aryl methyl sites for hydroxylation is 3. The third-order valence-corrected chi connectivity index (χ3v) is 6.23. The summed E-state index contributed by atoms with van der Waals surface area (Å²) in [6, 6.07) is 4.90. The Morgan fingerprint density at radius 2 is 1.92 bits per heavy atom. The van der Waals surface area contributed by atoms with E-state index in [1.165, 1.54) is 22.4 Å². The van der Waals surface area contributed by atoms with Gasteiger partial charge >= 0.3 is 5.69 Å². The van der Waals surface area contributed by atoms with Crippen LogP contribution in [0.1, 0.15) is 21.6 Å². The summed E-state index contributed by atoms with van der Waals surface area (Å²) in [6.45, 7) is 2.26. The zero-order valence-electron chi connectivity index (χ0n) is 20.5. The molecule has 1 amide bonds. The smallest absolute Gasteiger partial charge is 0.334 e. The highest BCUT2D eigenvalue weighted by Gasteiger charge is 2.22. The molecule has 11 heteroatoms. The standard InChI is InChI=1S/C25H24FN7O3/c1-13-18(11-31(3)30-13)16-8-17-20(7-15(16)12-36-5)28-10-21-22(17)33(25(35)32(21)4)23-19(26)6-14(9-29-23)24(34)27-2/h6-11H,12H2,1-5H3,(H,27,34). The number of nitrogens with one attached hydrogen (secondary N) is 1. The van der Waals surface area contributed by atoms with Gasteiger partial charge in [0.05, 0.1) is 40.6 Å². The van der Waals surface area contributed by atoms with E-state index in [0.29, 0.717) is 28.5 Å². The van der Waals surface area contributed by atoms with Crippen molar-refractivity contribution >= 4 is 27.8 Å². The van der Waals surface area contributed by atoms with Crippen LogP contribution in [-0.2, 0) is 25.4 Å². The van der Waals surface area contributed by atoms with Gasteiger partial charge in [-0.25, -0.2) is 18.7 Å². The molecule has 0 radical (unpaired) electrons. The second kappa shape index (κ2) is 8.68. The summed E-state index contributed by atoms with van der Waals surface area (Å²) in [5.41, 5.74) is 4.66. The van der Waals surface area contributed by atoms with Crippen LogP contribution in [0.2, 0.25) is 0 Å². The SMILES string of the molecule is CNC(=O)c1cnc(-n2c(=O)n(C)c3cnc4cc(COC)c(-c5cn(C)nc5C)cc4c32)c(F)c1. The summed E-state index contributed by atoms with van der Waals surface area (Å²) in [5, 5.41) is 7.54. The average Bonchev–Trinajstić information content (AvgIpc) is 3.33. The Morgan fingerprint density at radius 3 is 2.56 bits per heavy atom. The van der Waals surface area contributed by atoms with Crippen molar-refractivity contribution in [1.29, 1.82) is 0 Å². The maximum Gasteiger partial charge on any atom is 0.334 e. The number of nitrogens with zero attached hydrogens (tertiary/aromatic N) is 6. The average molecular weight is 490 g/mol. The second-order valence-electron chi connectivity index (χ2n) is 8.54. The van der Waals surface area contributed by atoms with Crippen LogP contribution in [0.3, 0.4) is 0 Å². The Bertz CT molecular complexity index is 1730. The van der Waals surface area contributed by atoms with Gasteiger partial charge in [-0.3, -0.25) is 19.0 Å². The van der Waals surface area contributed by atoms with Crippen LogP contribution in [-0.4, -0.2) is 48.9 Å². The number of benzene rings is 1. The Labute approximate surface area is 205 Å². The molecule has 0 fully saturated rings. The number of carbonyl (C=O) groups excluding carboxylic acids is 1. The zero-order chi connectivity index (χ0) is 25.7. The molecule has 5 rings (SSSR count). The molecule has 4 heterocycles. The first-order valence-electron chi connectivity index (χ1n) is 11.2. The number of pyridine rings is 2. The molecule has 4 aromatic heterocycles. The molecule has 0 saturated carbocycles. The molecule has 0 aliphatic heterocycles. The quantitative estimate of drug-likeness (QED) is 0.407. The topological polar surface area (TPSA) is 109 Å². The number of carbonyl (C=O) groups is 1. The molecule has 184 valence electrons. The van der Waals surface area contributed by atoms with Gasteiger partial charge in [-0.1, -0.05) is 0 Å². The molecule has 0 bridgehead atoms. The van der Waals surface area contributed by atoms with Gasteiger partial charge in [0, 0.05) is 51.6 Å². The molecule has 0 unspecified atom stereocenters. The number of aromatic nitrogens is 6. The van der Waals surface area contributed by atoms with E-state index in [1.807, 2.05) is 32.3 Å². The number of methoxy groups -OCH3 is 1. The van der Waals surface area contributed by atoms with E-state index in [1.54, 1.807) is 25.0 Å². The van der Waals surface area contributed by atoms with Crippen molar-refractivity contribution in [2.75, 3.05) is 14.2 Å². The Morgan fingerprint density at radius 1 is 1.14 bits per heavy atom. The molecule has 0 atom stereocenters. The van der Waals surface area contributed by atoms with Gasteiger partial charge in [0.2, 0.25) is 0 Å². The Balaban J connectivity index is 1.87. The lowest BCUT2D eigenvalue weighted by Gasteiger charge is -2.12. The van der Waals surface area contributed by atoms with Crippen LogP contribution in [0.25, 0.3) is 38.9 Å². The summed E-state index contributed by atoms with van der Waals surface area (Å²) >= 11 is 0. The molecular weight excluding hydrogens is 465 g/mol. The molecule has 36 heavy (non-hydrogen) atoms. The number of hydrogen-bond acceptors (Lipinski definition) is 6. The first-order valence-corrected chi connectivity index (χ1v) is 11.2. The minimum Gasteiger partial charge on any atom is -0.380 e. The number of rotatable bonds is 5. The van der Waals surface area contributed by atoms with E-state index in [-0.39, 0.29) is 11.4 Å². The largest absolute Gasteiger partial charge is 0.380 e. The number of ether oxygens (including phenoxy) is 1. The number of amides is 1. The maximum absolute atomic E-state index is 15.3. The monoisotopic (exact) mass is 489 g/mol. The third-order valence-electron chi connectivity index (χ3n) is 6.23. The first kappa shape index (κ1) is 23.4. The van der Waals surface area contributed by atoms with Gasteiger partial charge in [-0.15, -0.1) is 0 Å². The number of halogens is 1. The van der Waals surface area contributed by atoms with Crippen LogP contribution in [0.4, 0.5) is 4.39 Å². The lowest BCUT2D eigenvalue weighted by Crippen LogP contribution is -2.23. The maximum atomic E-state index is 15.3. The fourth-order valence-corrected chi connectivity index (χ4v) is 4.54. The minimum absolute atomic E-state index is 0.0529. The van der Waals surface area contributed by atoms with Crippen LogP contribution < -0.4 is 11.0 Å². The molecule has 5 aromatic rings. The van der Waals surface area contributed by atoms with Crippen molar-refractivity contribution in [1.82, 2.24) is 34.2 Å². The van der Waals surface area contributed by atoms with E-state index < -0.39 is 17.4 Å². The fraction of sp³-hybridized carbons (Fsp3) is 0.240. The lowest BCUT2D eigenvalue weighted by molar-refractivity contribution is 0.0962. The van der Waals surface area contributed by atoms with E-state index in [0.717, 1.165) is 28.5 Å². The van der Waals surface area contributed by atoms with Crippen LogP contribution >= 0.6 is 0 Å². The van der Waals surface area contributed by atoms with Crippen molar-refractivity contribution in [3.8, 4) is 16.9 Å². The highest BCUT2D eigenvalue weighted by Crippen LogP contribution is 2.34. The fourth-order valence-electron chi connectivity index (χ4n) is 4.54. The van der Waals surface area contributed by atoms with Crippen molar-refractivity contribution in [3.05, 3.63) is 69.9 Å². The van der Waals surface area contributed by atoms with Gasteiger partial charge < -0.3 is 10.1 Å². The summed E-state index contributed by atoms with van der Waals surface area (Å²) in [7, 11) is 6.50. The first-order chi connectivity index (χ1) is 17.2. The predicted molar refractivity (Wildman–Crippen MR) is 133 cm³/mol. The number of fused-ring (bicyclic) bond motifs is 3. The van der Waals surface area contributed by atoms with Gasteiger partial charge in [0.25, 0.3) is 5.91 Å². The molecule has 10 nitrogen and oxygen atoms in total. The number of imidazole rings is 1.